The second-order valence-electron chi connectivity index (χ2n) is 4.35. The third-order valence-corrected chi connectivity index (χ3v) is 3.34. The molecular weight excluding hydrogens is 276 g/mol. The summed E-state index contributed by atoms with van der Waals surface area (Å²) in [5.74, 6) is 1.54. The summed E-state index contributed by atoms with van der Waals surface area (Å²) in [6, 6.07) is 13.1. The fourth-order valence-electron chi connectivity index (χ4n) is 1.97. The third-order valence-electron chi connectivity index (χ3n) is 3.02. The Balaban J connectivity index is 1.70. The number of nitrogens with zero attached hydrogens (tertiary/aromatic N) is 1. The van der Waals surface area contributed by atoms with Gasteiger partial charge in [-0.2, -0.15) is 5.26 Å². The maximum absolute atomic E-state index is 8.83. The molecule has 0 saturated carbocycles. The minimum atomic E-state index is 0.275. The number of hydrogen-bond acceptors (Lipinski definition) is 4. The number of ether oxygens (including phenoxy) is 2. The van der Waals surface area contributed by atoms with Crippen LogP contribution in [0.1, 0.15) is 11.1 Å². The van der Waals surface area contributed by atoms with Gasteiger partial charge in [0.1, 0.15) is 6.07 Å². The van der Waals surface area contributed by atoms with Gasteiger partial charge in [0.25, 0.3) is 0 Å². The van der Waals surface area contributed by atoms with E-state index in [0.29, 0.717) is 17.1 Å². The van der Waals surface area contributed by atoms with Crippen LogP contribution in [0, 0.1) is 11.3 Å². The van der Waals surface area contributed by atoms with Crippen LogP contribution in [0.4, 0.5) is 5.69 Å². The van der Waals surface area contributed by atoms with Gasteiger partial charge in [-0.25, -0.2) is 0 Å². The molecule has 0 fully saturated rings. The first kappa shape index (κ1) is 12.6. The Morgan fingerprint density at radius 3 is 2.80 bits per heavy atom. The van der Waals surface area contributed by atoms with Crippen molar-refractivity contribution in [2.45, 2.75) is 6.54 Å². The predicted octanol–water partition coefficient (Wildman–Crippen LogP) is 3.55. The first-order chi connectivity index (χ1) is 9.76. The molecule has 2 aromatic rings. The second-order valence-corrected chi connectivity index (χ2v) is 4.75. The Hall–Kier alpha value is -2.38. The van der Waals surface area contributed by atoms with Crippen molar-refractivity contribution < 1.29 is 9.47 Å². The molecule has 5 heteroatoms. The average molecular weight is 287 g/mol. The van der Waals surface area contributed by atoms with E-state index in [4.69, 9.17) is 26.3 Å². The van der Waals surface area contributed by atoms with E-state index in [1.54, 1.807) is 12.1 Å². The van der Waals surface area contributed by atoms with Crippen molar-refractivity contribution >= 4 is 17.3 Å². The SMILES string of the molecule is N#Cc1ccc(NCc2ccc3c(c2)OCO3)cc1Cl. The molecule has 0 radical (unpaired) electrons. The van der Waals surface area contributed by atoms with Crippen molar-refractivity contribution in [2.24, 2.45) is 0 Å². The topological polar surface area (TPSA) is 54.3 Å². The summed E-state index contributed by atoms with van der Waals surface area (Å²) in [5.41, 5.74) is 2.42. The van der Waals surface area contributed by atoms with Crippen LogP contribution in [0.15, 0.2) is 36.4 Å². The van der Waals surface area contributed by atoms with Gasteiger partial charge in [-0.15, -0.1) is 0 Å². The van der Waals surface area contributed by atoms with Crippen LogP contribution >= 0.6 is 11.6 Å². The number of halogens is 1. The Morgan fingerprint density at radius 1 is 1.15 bits per heavy atom. The monoisotopic (exact) mass is 286 g/mol. The quantitative estimate of drug-likeness (QED) is 0.937. The van der Waals surface area contributed by atoms with E-state index in [1.807, 2.05) is 30.3 Å². The zero-order valence-electron chi connectivity index (χ0n) is 10.5. The van der Waals surface area contributed by atoms with Gasteiger partial charge in [-0.1, -0.05) is 17.7 Å². The van der Waals surface area contributed by atoms with Gasteiger partial charge in [-0.05, 0) is 35.9 Å². The number of hydrogen-bond donors (Lipinski definition) is 1. The molecule has 100 valence electrons. The zero-order valence-corrected chi connectivity index (χ0v) is 11.3. The maximum Gasteiger partial charge on any atom is 0.231 e. The van der Waals surface area contributed by atoms with Crippen LogP contribution in [-0.4, -0.2) is 6.79 Å². The number of fused-ring (bicyclic) bond motifs is 1. The van der Waals surface area contributed by atoms with Crippen molar-refractivity contribution in [3.63, 3.8) is 0 Å². The molecule has 1 aliphatic rings. The molecule has 1 N–H and O–H groups in total. The minimum absolute atomic E-state index is 0.275. The van der Waals surface area contributed by atoms with E-state index in [9.17, 15) is 0 Å². The summed E-state index contributed by atoms with van der Waals surface area (Å²) in [6.45, 7) is 0.913. The Bertz CT molecular complexity index is 684. The van der Waals surface area contributed by atoms with Gasteiger partial charge in [-0.3, -0.25) is 0 Å². The van der Waals surface area contributed by atoms with Crippen LogP contribution in [-0.2, 0) is 6.54 Å². The zero-order chi connectivity index (χ0) is 13.9. The normalized spacial score (nSPS) is 12.0. The molecule has 0 aliphatic carbocycles. The number of benzene rings is 2. The summed E-state index contributed by atoms with van der Waals surface area (Å²) < 4.78 is 10.6. The molecule has 0 amide bonds. The second kappa shape index (κ2) is 5.32. The Labute approximate surface area is 121 Å². The molecule has 0 spiro atoms. The van der Waals surface area contributed by atoms with Gasteiger partial charge >= 0.3 is 0 Å². The number of rotatable bonds is 3. The summed E-state index contributed by atoms with van der Waals surface area (Å²) in [6.07, 6.45) is 0. The molecule has 0 saturated heterocycles. The minimum Gasteiger partial charge on any atom is -0.454 e. The highest BCUT2D eigenvalue weighted by Gasteiger charge is 2.12. The van der Waals surface area contributed by atoms with Crippen LogP contribution in [0.2, 0.25) is 5.02 Å². The first-order valence-electron chi connectivity index (χ1n) is 6.08. The van der Waals surface area contributed by atoms with Crippen LogP contribution < -0.4 is 14.8 Å². The number of anilines is 1. The van der Waals surface area contributed by atoms with E-state index in [2.05, 4.69) is 5.32 Å². The standard InChI is InChI=1S/C15H11ClN2O2/c16-13-6-12(3-2-11(13)7-17)18-8-10-1-4-14-15(5-10)20-9-19-14/h1-6,18H,8-9H2. The molecule has 3 rings (SSSR count). The molecule has 4 nitrogen and oxygen atoms in total. The first-order valence-corrected chi connectivity index (χ1v) is 6.46. The smallest absolute Gasteiger partial charge is 0.231 e. The highest BCUT2D eigenvalue weighted by molar-refractivity contribution is 6.32. The van der Waals surface area contributed by atoms with E-state index in [-0.39, 0.29) is 6.79 Å². The highest BCUT2D eigenvalue weighted by Crippen LogP contribution is 2.32. The Kier molecular flexibility index (Phi) is 3.36. The Morgan fingerprint density at radius 2 is 2.00 bits per heavy atom. The van der Waals surface area contributed by atoms with E-state index in [0.717, 1.165) is 22.7 Å². The van der Waals surface area contributed by atoms with Crippen LogP contribution in [0.3, 0.4) is 0 Å². The van der Waals surface area contributed by atoms with Gasteiger partial charge < -0.3 is 14.8 Å². The molecule has 1 heterocycles. The van der Waals surface area contributed by atoms with Gasteiger partial charge in [0.05, 0.1) is 10.6 Å². The third kappa shape index (κ3) is 2.49. The summed E-state index contributed by atoms with van der Waals surface area (Å²) in [7, 11) is 0. The van der Waals surface area contributed by atoms with Crippen molar-refractivity contribution in [3.05, 3.63) is 52.5 Å². The lowest BCUT2D eigenvalue weighted by Crippen LogP contribution is -1.99. The van der Waals surface area contributed by atoms with E-state index in [1.165, 1.54) is 0 Å². The van der Waals surface area contributed by atoms with Crippen molar-refractivity contribution in [3.8, 4) is 17.6 Å². The van der Waals surface area contributed by atoms with Gasteiger partial charge in [0.15, 0.2) is 11.5 Å². The largest absolute Gasteiger partial charge is 0.454 e. The molecule has 0 bridgehead atoms. The van der Waals surface area contributed by atoms with E-state index >= 15 is 0 Å². The van der Waals surface area contributed by atoms with Crippen LogP contribution in [0.25, 0.3) is 0 Å². The molecule has 20 heavy (non-hydrogen) atoms. The van der Waals surface area contributed by atoms with E-state index < -0.39 is 0 Å². The fraction of sp³-hybridized carbons (Fsp3) is 0.133. The van der Waals surface area contributed by atoms with Crippen LogP contribution in [0.5, 0.6) is 11.5 Å². The summed E-state index contributed by atoms with van der Waals surface area (Å²) in [4.78, 5) is 0. The van der Waals surface area contributed by atoms with Gasteiger partial charge in [0.2, 0.25) is 6.79 Å². The average Bonchev–Trinajstić information content (AvgIpc) is 2.92. The molecule has 0 aromatic heterocycles. The highest BCUT2D eigenvalue weighted by atomic mass is 35.5. The van der Waals surface area contributed by atoms with Crippen molar-refractivity contribution in [1.29, 1.82) is 5.26 Å². The molecular formula is C15H11ClN2O2. The number of nitriles is 1. The summed E-state index contributed by atoms with van der Waals surface area (Å²) in [5, 5.41) is 12.5. The lowest BCUT2D eigenvalue weighted by atomic mass is 10.2. The fourth-order valence-corrected chi connectivity index (χ4v) is 2.19. The van der Waals surface area contributed by atoms with Gasteiger partial charge in [0, 0.05) is 12.2 Å². The predicted molar refractivity (Wildman–Crippen MR) is 76.1 cm³/mol. The van der Waals surface area contributed by atoms with Crippen molar-refractivity contribution in [2.75, 3.05) is 12.1 Å². The lowest BCUT2D eigenvalue weighted by molar-refractivity contribution is 0.174. The number of nitrogens with one attached hydrogen (secondary N) is 1. The molecule has 0 atom stereocenters. The maximum atomic E-state index is 8.83. The summed E-state index contributed by atoms with van der Waals surface area (Å²) >= 11 is 5.99. The molecule has 0 unspecified atom stereocenters. The van der Waals surface area contributed by atoms with Crippen molar-refractivity contribution in [1.82, 2.24) is 0 Å². The molecule has 1 aliphatic heterocycles. The molecule has 2 aromatic carbocycles. The lowest BCUT2D eigenvalue weighted by Gasteiger charge is -2.08.